The predicted octanol–water partition coefficient (Wildman–Crippen LogP) is 3.34. The van der Waals surface area contributed by atoms with Crippen LogP contribution >= 0.6 is 11.6 Å². The summed E-state index contributed by atoms with van der Waals surface area (Å²) >= 11 is 5.69. The summed E-state index contributed by atoms with van der Waals surface area (Å²) in [6.07, 6.45) is 1.69. The zero-order valence-corrected chi connectivity index (χ0v) is 10.4. The first-order chi connectivity index (χ1) is 8.49. The van der Waals surface area contributed by atoms with Crippen molar-refractivity contribution < 1.29 is 14.3 Å². The molecule has 0 aliphatic rings. The van der Waals surface area contributed by atoms with Gasteiger partial charge >= 0.3 is 5.97 Å². The van der Waals surface area contributed by atoms with Gasteiger partial charge in [0.1, 0.15) is 11.5 Å². The molecule has 18 heavy (non-hydrogen) atoms. The van der Waals surface area contributed by atoms with Gasteiger partial charge in [-0.15, -0.1) is 0 Å². The van der Waals surface area contributed by atoms with E-state index >= 15 is 0 Å². The number of rotatable bonds is 3. The maximum absolute atomic E-state index is 13.0. The molecule has 3 nitrogen and oxygen atoms in total. The fourth-order valence-corrected chi connectivity index (χ4v) is 2.04. The number of aromatic carboxylic acids is 1. The molecule has 94 valence electrons. The average Bonchev–Trinajstić information content (AvgIpc) is 2.65. The van der Waals surface area contributed by atoms with Gasteiger partial charge in [0.2, 0.25) is 0 Å². The van der Waals surface area contributed by atoms with Gasteiger partial charge in [0.05, 0.1) is 5.02 Å². The third kappa shape index (κ3) is 2.38. The highest BCUT2D eigenvalue weighted by molar-refractivity contribution is 6.30. The highest BCUT2D eigenvalue weighted by Crippen LogP contribution is 2.18. The Morgan fingerprint density at radius 1 is 1.44 bits per heavy atom. The Kier molecular flexibility index (Phi) is 3.39. The second-order valence-corrected chi connectivity index (χ2v) is 4.44. The molecule has 0 radical (unpaired) electrons. The minimum atomic E-state index is -0.981. The molecular weight excluding hydrogens is 257 g/mol. The SMILES string of the molecule is Cc1ccn(Cc2ccc(F)c(Cl)c2)c1C(=O)O. The first-order valence-corrected chi connectivity index (χ1v) is 5.70. The van der Waals surface area contributed by atoms with Crippen LogP contribution in [-0.2, 0) is 6.54 Å². The van der Waals surface area contributed by atoms with Gasteiger partial charge < -0.3 is 9.67 Å². The Hall–Kier alpha value is -1.81. The lowest BCUT2D eigenvalue weighted by Gasteiger charge is -2.08. The van der Waals surface area contributed by atoms with E-state index in [1.54, 1.807) is 29.8 Å². The van der Waals surface area contributed by atoms with Crippen LogP contribution in [0.1, 0.15) is 21.6 Å². The molecule has 0 amide bonds. The quantitative estimate of drug-likeness (QED) is 0.927. The molecule has 1 aromatic carbocycles. The first-order valence-electron chi connectivity index (χ1n) is 5.32. The minimum absolute atomic E-state index is 0.0354. The monoisotopic (exact) mass is 267 g/mol. The third-order valence-corrected chi connectivity index (χ3v) is 2.99. The van der Waals surface area contributed by atoms with E-state index in [4.69, 9.17) is 16.7 Å². The fraction of sp³-hybridized carbons (Fsp3) is 0.154. The van der Waals surface area contributed by atoms with Crippen molar-refractivity contribution in [2.75, 3.05) is 0 Å². The molecule has 1 N–H and O–H groups in total. The van der Waals surface area contributed by atoms with Gasteiger partial charge in [0.15, 0.2) is 0 Å². The van der Waals surface area contributed by atoms with Gasteiger partial charge in [-0.05, 0) is 36.2 Å². The molecule has 0 aliphatic heterocycles. The van der Waals surface area contributed by atoms with Gasteiger partial charge in [-0.1, -0.05) is 17.7 Å². The Balaban J connectivity index is 2.34. The van der Waals surface area contributed by atoms with E-state index in [2.05, 4.69) is 0 Å². The molecule has 2 aromatic rings. The van der Waals surface area contributed by atoms with Crippen LogP contribution in [0.25, 0.3) is 0 Å². The Morgan fingerprint density at radius 3 is 2.78 bits per heavy atom. The molecule has 0 saturated carbocycles. The van der Waals surface area contributed by atoms with E-state index in [0.29, 0.717) is 12.1 Å². The maximum Gasteiger partial charge on any atom is 0.352 e. The number of hydrogen-bond acceptors (Lipinski definition) is 1. The normalized spacial score (nSPS) is 10.6. The molecule has 1 aromatic heterocycles. The highest BCUT2D eigenvalue weighted by atomic mass is 35.5. The van der Waals surface area contributed by atoms with Crippen molar-refractivity contribution >= 4 is 17.6 Å². The smallest absolute Gasteiger partial charge is 0.352 e. The van der Waals surface area contributed by atoms with Crippen molar-refractivity contribution in [3.63, 3.8) is 0 Å². The molecule has 0 saturated heterocycles. The molecule has 0 bridgehead atoms. The van der Waals surface area contributed by atoms with Crippen LogP contribution in [0, 0.1) is 12.7 Å². The Bertz CT molecular complexity index is 607. The summed E-state index contributed by atoms with van der Waals surface area (Å²) in [7, 11) is 0. The van der Waals surface area contributed by atoms with E-state index in [0.717, 1.165) is 5.56 Å². The summed E-state index contributed by atoms with van der Waals surface area (Å²) in [5.74, 6) is -1.46. The number of carboxylic acid groups (broad SMARTS) is 1. The number of hydrogen-bond donors (Lipinski definition) is 1. The van der Waals surface area contributed by atoms with E-state index in [9.17, 15) is 9.18 Å². The van der Waals surface area contributed by atoms with Crippen LogP contribution in [0.15, 0.2) is 30.5 Å². The van der Waals surface area contributed by atoms with Crippen LogP contribution in [0.2, 0.25) is 5.02 Å². The second kappa shape index (κ2) is 4.82. The van der Waals surface area contributed by atoms with Crippen molar-refractivity contribution in [1.29, 1.82) is 0 Å². The van der Waals surface area contributed by atoms with Crippen molar-refractivity contribution in [3.05, 3.63) is 58.1 Å². The van der Waals surface area contributed by atoms with E-state index in [1.807, 2.05) is 0 Å². The molecule has 2 rings (SSSR count). The zero-order chi connectivity index (χ0) is 13.3. The summed E-state index contributed by atoms with van der Waals surface area (Å²) in [6, 6.07) is 6.09. The number of carbonyl (C=O) groups is 1. The summed E-state index contributed by atoms with van der Waals surface area (Å²) in [5.41, 5.74) is 1.67. The minimum Gasteiger partial charge on any atom is -0.477 e. The lowest BCUT2D eigenvalue weighted by molar-refractivity contribution is 0.0685. The van der Waals surface area contributed by atoms with E-state index < -0.39 is 11.8 Å². The fourth-order valence-electron chi connectivity index (χ4n) is 1.84. The number of aryl methyl sites for hydroxylation is 1. The number of aromatic nitrogens is 1. The molecule has 1 heterocycles. The standard InChI is InChI=1S/C13H11ClFNO2/c1-8-4-5-16(12(8)13(17)18)7-9-2-3-11(15)10(14)6-9/h2-6H,7H2,1H3,(H,17,18). The summed E-state index contributed by atoms with van der Waals surface area (Å²) in [4.78, 5) is 11.1. The Labute approximate surface area is 108 Å². The summed E-state index contributed by atoms with van der Waals surface area (Å²) in [5, 5.41) is 9.14. The van der Waals surface area contributed by atoms with Crippen LogP contribution in [0.5, 0.6) is 0 Å². The second-order valence-electron chi connectivity index (χ2n) is 4.03. The number of benzene rings is 1. The van der Waals surface area contributed by atoms with Gasteiger partial charge in [-0.2, -0.15) is 0 Å². The van der Waals surface area contributed by atoms with Gasteiger partial charge in [0, 0.05) is 12.7 Å². The van der Waals surface area contributed by atoms with Gasteiger partial charge in [0.25, 0.3) is 0 Å². The molecular formula is C13H11ClFNO2. The van der Waals surface area contributed by atoms with E-state index in [-0.39, 0.29) is 10.7 Å². The lowest BCUT2D eigenvalue weighted by Crippen LogP contribution is -2.10. The molecule has 0 aliphatic carbocycles. The lowest BCUT2D eigenvalue weighted by atomic mass is 10.2. The van der Waals surface area contributed by atoms with Gasteiger partial charge in [-0.25, -0.2) is 9.18 Å². The van der Waals surface area contributed by atoms with Crippen molar-refractivity contribution in [1.82, 2.24) is 4.57 Å². The van der Waals surface area contributed by atoms with Crippen LogP contribution in [0.4, 0.5) is 4.39 Å². The van der Waals surface area contributed by atoms with Crippen molar-refractivity contribution in [3.8, 4) is 0 Å². The number of nitrogens with zero attached hydrogens (tertiary/aromatic N) is 1. The largest absolute Gasteiger partial charge is 0.477 e. The van der Waals surface area contributed by atoms with Crippen molar-refractivity contribution in [2.45, 2.75) is 13.5 Å². The van der Waals surface area contributed by atoms with E-state index in [1.165, 1.54) is 12.1 Å². The molecule has 0 atom stereocenters. The molecule has 0 fully saturated rings. The predicted molar refractivity (Wildman–Crippen MR) is 66.6 cm³/mol. The number of carboxylic acids is 1. The van der Waals surface area contributed by atoms with Crippen LogP contribution in [0.3, 0.4) is 0 Å². The first kappa shape index (κ1) is 12.6. The topological polar surface area (TPSA) is 42.2 Å². The summed E-state index contributed by atoms with van der Waals surface area (Å²) < 4.78 is 14.6. The Morgan fingerprint density at radius 2 is 2.17 bits per heavy atom. The maximum atomic E-state index is 13.0. The average molecular weight is 268 g/mol. The number of halogens is 2. The van der Waals surface area contributed by atoms with Gasteiger partial charge in [-0.3, -0.25) is 0 Å². The third-order valence-electron chi connectivity index (χ3n) is 2.70. The van der Waals surface area contributed by atoms with Crippen molar-refractivity contribution in [2.24, 2.45) is 0 Å². The molecule has 0 spiro atoms. The molecule has 0 unspecified atom stereocenters. The molecule has 5 heteroatoms. The van der Waals surface area contributed by atoms with Crippen LogP contribution in [-0.4, -0.2) is 15.6 Å². The zero-order valence-electron chi connectivity index (χ0n) is 9.65. The highest BCUT2D eigenvalue weighted by Gasteiger charge is 2.13. The van der Waals surface area contributed by atoms with Crippen LogP contribution < -0.4 is 0 Å². The summed E-state index contributed by atoms with van der Waals surface area (Å²) in [6.45, 7) is 2.08.